The quantitative estimate of drug-likeness (QED) is 0.192. The van der Waals surface area contributed by atoms with Crippen LogP contribution in [0.5, 0.6) is 0 Å². The first-order valence-corrected chi connectivity index (χ1v) is 19.2. The predicted octanol–water partition coefficient (Wildman–Crippen LogP) is 12.7. The van der Waals surface area contributed by atoms with E-state index in [1.54, 1.807) is 0 Å². The van der Waals surface area contributed by atoms with Crippen LogP contribution in [0.4, 0.5) is 0 Å². The molecule has 6 heteroatoms. The molecule has 0 saturated carbocycles. The monoisotopic (exact) mass is 732 g/mol. The number of nitrogens with one attached hydrogen (secondary N) is 1. The van der Waals surface area contributed by atoms with Crippen LogP contribution >= 0.6 is 0 Å². The molecule has 0 bridgehead atoms. The minimum atomic E-state index is -0.341. The number of aromatic nitrogens is 1. The van der Waals surface area contributed by atoms with Crippen LogP contribution in [0.3, 0.4) is 0 Å². The molecule has 4 heterocycles. The van der Waals surface area contributed by atoms with E-state index in [-0.39, 0.29) is 6.17 Å². The second-order valence-corrected chi connectivity index (χ2v) is 14.6. The Morgan fingerprint density at radius 3 is 2.00 bits per heavy atom. The molecule has 0 fully saturated rings. The number of benzene rings is 8. The summed E-state index contributed by atoms with van der Waals surface area (Å²) in [6.07, 6.45) is -0.341. The average Bonchev–Trinajstić information content (AvgIpc) is 3.95. The third kappa shape index (κ3) is 4.97. The highest BCUT2D eigenvalue weighted by atomic mass is 16.3. The molecule has 57 heavy (non-hydrogen) atoms. The molecule has 12 rings (SSSR count). The summed E-state index contributed by atoms with van der Waals surface area (Å²) in [5, 5.41) is 10.2. The van der Waals surface area contributed by atoms with Gasteiger partial charge in [0.15, 0.2) is 11.4 Å². The van der Waals surface area contributed by atoms with Crippen LogP contribution in [0, 0.1) is 0 Å². The summed E-state index contributed by atoms with van der Waals surface area (Å²) in [6, 6.07) is 63.1. The van der Waals surface area contributed by atoms with Gasteiger partial charge in [0.2, 0.25) is 0 Å². The summed E-state index contributed by atoms with van der Waals surface area (Å²) >= 11 is 0. The Kier molecular flexibility index (Phi) is 6.89. The van der Waals surface area contributed by atoms with Crippen LogP contribution in [-0.4, -0.2) is 16.2 Å². The summed E-state index contributed by atoms with van der Waals surface area (Å²) in [7, 11) is 0. The zero-order valence-corrected chi connectivity index (χ0v) is 30.6. The fourth-order valence-electron chi connectivity index (χ4n) is 8.63. The first-order valence-electron chi connectivity index (χ1n) is 19.2. The van der Waals surface area contributed by atoms with Crippen molar-refractivity contribution in [1.29, 1.82) is 0 Å². The predicted molar refractivity (Wildman–Crippen MR) is 233 cm³/mol. The number of amidine groups is 2. The lowest BCUT2D eigenvalue weighted by Crippen LogP contribution is -2.33. The van der Waals surface area contributed by atoms with Crippen molar-refractivity contribution >= 4 is 77.4 Å². The van der Waals surface area contributed by atoms with Crippen molar-refractivity contribution in [3.8, 4) is 16.8 Å². The van der Waals surface area contributed by atoms with E-state index in [2.05, 4.69) is 137 Å². The lowest BCUT2D eigenvalue weighted by Gasteiger charge is -2.24. The Balaban J connectivity index is 1.14. The molecule has 0 radical (unpaired) electrons. The molecule has 3 aromatic heterocycles. The van der Waals surface area contributed by atoms with E-state index in [1.165, 1.54) is 0 Å². The first kappa shape index (κ1) is 31.6. The molecule has 1 atom stereocenters. The average molecular weight is 733 g/mol. The van der Waals surface area contributed by atoms with Gasteiger partial charge in [0.1, 0.15) is 28.8 Å². The number of hydrogen-bond donors (Lipinski definition) is 1. The second-order valence-electron chi connectivity index (χ2n) is 14.6. The number of nitrogens with zero attached hydrogens (tertiary/aromatic N) is 3. The minimum Gasteiger partial charge on any atom is -0.456 e. The van der Waals surface area contributed by atoms with Gasteiger partial charge in [0, 0.05) is 43.4 Å². The standard InChI is InChI=1S/C51H32N4O2/c1-4-15-31(16-5-1)34-27-40(51-53-49(32-17-6-2-7-18-32)52-50(54-51)33-19-8-3-9-20-33)47-37-23-14-25-42(48(37)57-46(47)28-34)55-41-24-12-10-21-35(41)38-30-45-39(29-43(38)55)36-22-11-13-26-44(36)56-45/h1-30,49H,(H,52,53,54). The molecule has 1 aliphatic rings. The molecule has 1 unspecified atom stereocenters. The third-order valence-corrected chi connectivity index (χ3v) is 11.2. The van der Waals surface area contributed by atoms with Crippen molar-refractivity contribution in [3.05, 3.63) is 199 Å². The number of rotatable bonds is 5. The normalized spacial score (nSPS) is 14.5. The highest BCUT2D eigenvalue weighted by Gasteiger charge is 2.26. The Morgan fingerprint density at radius 2 is 1.18 bits per heavy atom. The topological polar surface area (TPSA) is 68.0 Å². The van der Waals surface area contributed by atoms with Crippen molar-refractivity contribution in [2.24, 2.45) is 9.98 Å². The Hall–Kier alpha value is -7.70. The van der Waals surface area contributed by atoms with E-state index in [1.807, 2.05) is 54.6 Å². The largest absolute Gasteiger partial charge is 0.456 e. The molecule has 0 spiro atoms. The minimum absolute atomic E-state index is 0.341. The van der Waals surface area contributed by atoms with Gasteiger partial charge in [-0.05, 0) is 59.2 Å². The van der Waals surface area contributed by atoms with Crippen LogP contribution < -0.4 is 5.32 Å². The van der Waals surface area contributed by atoms with Crippen molar-refractivity contribution in [2.75, 3.05) is 0 Å². The zero-order chi connectivity index (χ0) is 37.5. The highest BCUT2D eigenvalue weighted by molar-refractivity contribution is 6.24. The molecule has 1 N–H and O–H groups in total. The number of furan rings is 2. The Labute approximate surface area is 326 Å². The lowest BCUT2D eigenvalue weighted by molar-refractivity contribution is 0.665. The fourth-order valence-corrected chi connectivity index (χ4v) is 8.63. The number of fused-ring (bicyclic) bond motifs is 9. The molecular weight excluding hydrogens is 701 g/mol. The summed E-state index contributed by atoms with van der Waals surface area (Å²) < 4.78 is 15.8. The van der Waals surface area contributed by atoms with Gasteiger partial charge in [0.25, 0.3) is 0 Å². The van der Waals surface area contributed by atoms with Crippen molar-refractivity contribution < 1.29 is 8.83 Å². The maximum atomic E-state index is 7.11. The highest BCUT2D eigenvalue weighted by Crippen LogP contribution is 2.43. The SMILES string of the molecule is c1ccc(C2=NC(c3ccccc3)NC(c3cc(-c4ccccc4)cc4oc5c(-n6c7ccccc7c7cc8oc9ccccc9c8cc76)cccc5c34)=N2)cc1. The van der Waals surface area contributed by atoms with Gasteiger partial charge in [-0.1, -0.05) is 140 Å². The molecule has 6 nitrogen and oxygen atoms in total. The Morgan fingerprint density at radius 1 is 0.474 bits per heavy atom. The fraction of sp³-hybridized carbons (Fsp3) is 0.0196. The maximum absolute atomic E-state index is 7.11. The van der Waals surface area contributed by atoms with Crippen LogP contribution in [0.15, 0.2) is 201 Å². The van der Waals surface area contributed by atoms with Crippen molar-refractivity contribution in [3.63, 3.8) is 0 Å². The van der Waals surface area contributed by atoms with E-state index in [0.717, 1.165) is 105 Å². The molecule has 0 amide bonds. The van der Waals surface area contributed by atoms with E-state index in [4.69, 9.17) is 18.8 Å². The molecular formula is C51H32N4O2. The van der Waals surface area contributed by atoms with Gasteiger partial charge in [-0.3, -0.25) is 0 Å². The van der Waals surface area contributed by atoms with Gasteiger partial charge in [-0.25, -0.2) is 9.98 Å². The molecule has 268 valence electrons. The Bertz CT molecular complexity index is 3430. The summed E-state index contributed by atoms with van der Waals surface area (Å²) in [5.74, 6) is 1.41. The van der Waals surface area contributed by atoms with Crippen LogP contribution in [0.1, 0.15) is 22.9 Å². The summed E-state index contributed by atoms with van der Waals surface area (Å²) in [4.78, 5) is 10.4. The van der Waals surface area contributed by atoms with Crippen LogP contribution in [0.25, 0.3) is 82.5 Å². The third-order valence-electron chi connectivity index (χ3n) is 11.2. The molecule has 0 saturated heterocycles. The van der Waals surface area contributed by atoms with Gasteiger partial charge in [0.05, 0.1) is 16.7 Å². The second kappa shape index (κ2) is 12.4. The summed E-state index contributed by atoms with van der Waals surface area (Å²) in [6.45, 7) is 0. The van der Waals surface area contributed by atoms with E-state index >= 15 is 0 Å². The van der Waals surface area contributed by atoms with Gasteiger partial charge < -0.3 is 18.7 Å². The number of aliphatic imine (C=N–C) groups is 2. The van der Waals surface area contributed by atoms with Gasteiger partial charge in [-0.15, -0.1) is 0 Å². The van der Waals surface area contributed by atoms with E-state index in [0.29, 0.717) is 5.84 Å². The maximum Gasteiger partial charge on any atom is 0.159 e. The number of para-hydroxylation sites is 3. The van der Waals surface area contributed by atoms with Gasteiger partial charge >= 0.3 is 0 Å². The molecule has 1 aliphatic heterocycles. The zero-order valence-electron chi connectivity index (χ0n) is 30.6. The molecule has 0 aliphatic carbocycles. The van der Waals surface area contributed by atoms with E-state index < -0.39 is 0 Å². The first-order chi connectivity index (χ1) is 28.2. The van der Waals surface area contributed by atoms with Gasteiger partial charge in [-0.2, -0.15) is 0 Å². The number of hydrogen-bond acceptors (Lipinski definition) is 5. The smallest absolute Gasteiger partial charge is 0.159 e. The van der Waals surface area contributed by atoms with Crippen molar-refractivity contribution in [1.82, 2.24) is 9.88 Å². The molecule has 11 aromatic rings. The van der Waals surface area contributed by atoms with Crippen LogP contribution in [-0.2, 0) is 0 Å². The van der Waals surface area contributed by atoms with Crippen molar-refractivity contribution in [2.45, 2.75) is 6.17 Å². The molecule has 8 aromatic carbocycles. The summed E-state index contributed by atoms with van der Waals surface area (Å²) in [5.41, 5.74) is 11.6. The lowest BCUT2D eigenvalue weighted by atomic mass is 9.97. The van der Waals surface area contributed by atoms with Crippen LogP contribution in [0.2, 0.25) is 0 Å². The van der Waals surface area contributed by atoms with E-state index in [9.17, 15) is 0 Å².